The lowest BCUT2D eigenvalue weighted by molar-refractivity contribution is 0.0771. The van der Waals surface area contributed by atoms with Gasteiger partial charge >= 0.3 is 0 Å². The summed E-state index contributed by atoms with van der Waals surface area (Å²) >= 11 is 0. The van der Waals surface area contributed by atoms with Crippen molar-refractivity contribution in [1.82, 2.24) is 0 Å². The first-order valence-corrected chi connectivity index (χ1v) is 5.20. The minimum Gasteiger partial charge on any atom is -0.375 e. The molecule has 0 radical (unpaired) electrons. The first-order chi connectivity index (χ1) is 7.19. The van der Waals surface area contributed by atoms with E-state index in [1.807, 2.05) is 6.92 Å². The van der Waals surface area contributed by atoms with Gasteiger partial charge in [0.15, 0.2) is 0 Å². The predicted molar refractivity (Wildman–Crippen MR) is 63.5 cm³/mol. The Kier molecular flexibility index (Phi) is 4.39. The third-order valence-corrected chi connectivity index (χ3v) is 2.49. The molecule has 0 saturated carbocycles. The highest BCUT2D eigenvalue weighted by molar-refractivity contribution is 5.25. The van der Waals surface area contributed by atoms with Crippen molar-refractivity contribution in [3.8, 4) is 11.8 Å². The fraction of sp³-hybridized carbons (Fsp3) is 0.429. The zero-order valence-corrected chi connectivity index (χ0v) is 9.87. The molecule has 15 heavy (non-hydrogen) atoms. The minimum atomic E-state index is 0.0676. The highest BCUT2D eigenvalue weighted by atomic mass is 16.5. The van der Waals surface area contributed by atoms with Gasteiger partial charge in [-0.15, -0.1) is 5.92 Å². The normalized spacial score (nSPS) is 13.9. The number of methoxy groups -OCH3 is 1. The van der Waals surface area contributed by atoms with Gasteiger partial charge in [-0.05, 0) is 26.3 Å². The molecule has 0 saturated heterocycles. The van der Waals surface area contributed by atoms with Gasteiger partial charge in [0.05, 0.1) is 6.10 Å². The smallest absolute Gasteiger partial charge is 0.0955 e. The molecule has 0 aliphatic heterocycles. The SMILES string of the molecule is CC#C[C@@H](C)C(OC)c1ccc(C)cc1. The molecule has 0 amide bonds. The molecule has 0 aliphatic carbocycles. The van der Waals surface area contributed by atoms with Crippen LogP contribution >= 0.6 is 0 Å². The van der Waals surface area contributed by atoms with Gasteiger partial charge in [-0.25, -0.2) is 0 Å². The van der Waals surface area contributed by atoms with E-state index >= 15 is 0 Å². The van der Waals surface area contributed by atoms with Gasteiger partial charge in [-0.1, -0.05) is 35.7 Å². The second-order valence-electron chi connectivity index (χ2n) is 3.75. The van der Waals surface area contributed by atoms with Gasteiger partial charge in [0.1, 0.15) is 0 Å². The van der Waals surface area contributed by atoms with Crippen LogP contribution in [0.25, 0.3) is 0 Å². The second-order valence-corrected chi connectivity index (χ2v) is 3.75. The Morgan fingerprint density at radius 2 is 1.80 bits per heavy atom. The Bertz CT molecular complexity index is 353. The molecule has 1 heteroatoms. The molecule has 0 heterocycles. The van der Waals surface area contributed by atoms with Crippen molar-refractivity contribution in [2.24, 2.45) is 5.92 Å². The fourth-order valence-electron chi connectivity index (χ4n) is 1.69. The summed E-state index contributed by atoms with van der Waals surface area (Å²) in [5.74, 6) is 6.29. The maximum atomic E-state index is 5.49. The van der Waals surface area contributed by atoms with Gasteiger partial charge < -0.3 is 4.74 Å². The summed E-state index contributed by atoms with van der Waals surface area (Å²) in [5.41, 5.74) is 2.46. The van der Waals surface area contributed by atoms with Crippen LogP contribution in [0.3, 0.4) is 0 Å². The molecule has 1 nitrogen and oxygen atoms in total. The van der Waals surface area contributed by atoms with Crippen molar-refractivity contribution >= 4 is 0 Å². The molecule has 0 bridgehead atoms. The molecule has 1 unspecified atom stereocenters. The zero-order chi connectivity index (χ0) is 11.3. The van der Waals surface area contributed by atoms with E-state index in [0.717, 1.165) is 0 Å². The van der Waals surface area contributed by atoms with Crippen molar-refractivity contribution < 1.29 is 4.74 Å². The van der Waals surface area contributed by atoms with Gasteiger partial charge in [-0.2, -0.15) is 0 Å². The van der Waals surface area contributed by atoms with E-state index in [-0.39, 0.29) is 12.0 Å². The van der Waals surface area contributed by atoms with Crippen molar-refractivity contribution in [3.63, 3.8) is 0 Å². The first kappa shape index (κ1) is 11.8. The van der Waals surface area contributed by atoms with E-state index in [1.165, 1.54) is 11.1 Å². The van der Waals surface area contributed by atoms with E-state index in [9.17, 15) is 0 Å². The number of hydrogen-bond donors (Lipinski definition) is 0. The summed E-state index contributed by atoms with van der Waals surface area (Å²) in [5, 5.41) is 0. The summed E-state index contributed by atoms with van der Waals surface area (Å²) in [7, 11) is 1.73. The lowest BCUT2D eigenvalue weighted by Gasteiger charge is -2.19. The summed E-state index contributed by atoms with van der Waals surface area (Å²) < 4.78 is 5.49. The molecule has 1 rings (SSSR count). The fourth-order valence-corrected chi connectivity index (χ4v) is 1.69. The van der Waals surface area contributed by atoms with Crippen LogP contribution in [0.5, 0.6) is 0 Å². The van der Waals surface area contributed by atoms with E-state index in [4.69, 9.17) is 4.74 Å². The third kappa shape index (κ3) is 3.11. The maximum Gasteiger partial charge on any atom is 0.0955 e. The summed E-state index contributed by atoms with van der Waals surface area (Å²) in [6.07, 6.45) is 0.0676. The summed E-state index contributed by atoms with van der Waals surface area (Å²) in [6, 6.07) is 8.43. The van der Waals surface area contributed by atoms with E-state index in [0.29, 0.717) is 0 Å². The summed E-state index contributed by atoms with van der Waals surface area (Å²) in [6.45, 7) is 6.03. The van der Waals surface area contributed by atoms with Crippen LogP contribution in [0.15, 0.2) is 24.3 Å². The third-order valence-electron chi connectivity index (χ3n) is 2.49. The monoisotopic (exact) mass is 202 g/mol. The molecule has 0 spiro atoms. The van der Waals surface area contributed by atoms with Crippen molar-refractivity contribution in [1.29, 1.82) is 0 Å². The Morgan fingerprint density at radius 1 is 1.20 bits per heavy atom. The molecular weight excluding hydrogens is 184 g/mol. The highest BCUT2D eigenvalue weighted by Gasteiger charge is 2.16. The largest absolute Gasteiger partial charge is 0.375 e. The van der Waals surface area contributed by atoms with Gasteiger partial charge in [0.2, 0.25) is 0 Å². The highest BCUT2D eigenvalue weighted by Crippen LogP contribution is 2.25. The summed E-state index contributed by atoms with van der Waals surface area (Å²) in [4.78, 5) is 0. The lowest BCUT2D eigenvalue weighted by atomic mass is 9.97. The van der Waals surface area contributed by atoms with E-state index < -0.39 is 0 Å². The average Bonchev–Trinajstić information content (AvgIpc) is 2.22. The number of aryl methyl sites for hydroxylation is 1. The number of rotatable bonds is 3. The maximum absolute atomic E-state index is 5.49. The Morgan fingerprint density at radius 3 is 2.27 bits per heavy atom. The van der Waals surface area contributed by atoms with Crippen molar-refractivity contribution in [2.75, 3.05) is 7.11 Å². The van der Waals surface area contributed by atoms with Crippen LogP contribution in [0.2, 0.25) is 0 Å². The number of ether oxygens (including phenoxy) is 1. The molecule has 1 aromatic carbocycles. The van der Waals surface area contributed by atoms with Gasteiger partial charge in [-0.3, -0.25) is 0 Å². The van der Waals surface area contributed by atoms with Crippen LogP contribution in [0.1, 0.15) is 31.1 Å². The molecule has 80 valence electrons. The van der Waals surface area contributed by atoms with Crippen LogP contribution < -0.4 is 0 Å². The average molecular weight is 202 g/mol. The second kappa shape index (κ2) is 5.58. The van der Waals surface area contributed by atoms with Crippen LogP contribution in [-0.2, 0) is 4.74 Å². The van der Waals surface area contributed by atoms with Gasteiger partial charge in [0.25, 0.3) is 0 Å². The lowest BCUT2D eigenvalue weighted by Crippen LogP contribution is -2.10. The van der Waals surface area contributed by atoms with Crippen LogP contribution in [0, 0.1) is 24.7 Å². The molecule has 0 aromatic heterocycles. The molecule has 1 aromatic rings. The van der Waals surface area contributed by atoms with Crippen molar-refractivity contribution in [3.05, 3.63) is 35.4 Å². The van der Waals surface area contributed by atoms with Gasteiger partial charge in [0, 0.05) is 13.0 Å². The predicted octanol–water partition coefficient (Wildman–Crippen LogP) is 3.34. The minimum absolute atomic E-state index is 0.0676. The van der Waals surface area contributed by atoms with E-state index in [2.05, 4.69) is 50.0 Å². The topological polar surface area (TPSA) is 9.23 Å². The Hall–Kier alpha value is -1.26. The Balaban J connectivity index is 2.90. The standard InChI is InChI=1S/C14H18O/c1-5-6-12(3)14(15-4)13-9-7-11(2)8-10-13/h7-10,12,14H,1-4H3/t12-,14?/m1/s1. The first-order valence-electron chi connectivity index (χ1n) is 5.20. The number of benzene rings is 1. The molecule has 0 aliphatic rings. The molecular formula is C14H18O. The van der Waals surface area contributed by atoms with Crippen LogP contribution in [0.4, 0.5) is 0 Å². The van der Waals surface area contributed by atoms with E-state index in [1.54, 1.807) is 7.11 Å². The number of hydrogen-bond acceptors (Lipinski definition) is 1. The molecule has 0 N–H and O–H groups in total. The zero-order valence-electron chi connectivity index (χ0n) is 9.87. The van der Waals surface area contributed by atoms with Crippen LogP contribution in [-0.4, -0.2) is 7.11 Å². The molecule has 2 atom stereocenters. The molecule has 0 fully saturated rings. The van der Waals surface area contributed by atoms with Crippen molar-refractivity contribution in [2.45, 2.75) is 26.9 Å². The quantitative estimate of drug-likeness (QED) is 0.683. The Labute approximate surface area is 92.5 Å².